The topological polar surface area (TPSA) is 46.3 Å². The molecule has 0 saturated heterocycles. The van der Waals surface area contributed by atoms with Gasteiger partial charge >= 0.3 is 0 Å². The van der Waals surface area contributed by atoms with Crippen LogP contribution in [0.25, 0.3) is 0 Å². The smallest absolute Gasteiger partial charge is 0.255 e. The van der Waals surface area contributed by atoms with Crippen molar-refractivity contribution in [2.45, 2.75) is 26.3 Å². The molecule has 20 heavy (non-hydrogen) atoms. The highest BCUT2D eigenvalue weighted by Crippen LogP contribution is 2.21. The maximum absolute atomic E-state index is 13.2. The van der Waals surface area contributed by atoms with Crippen LogP contribution in [0.4, 0.5) is 8.78 Å². The highest BCUT2D eigenvalue weighted by atomic mass is 35.5. The molecule has 0 radical (unpaired) electrons. The summed E-state index contributed by atoms with van der Waals surface area (Å²) < 4.78 is 26.1. The van der Waals surface area contributed by atoms with E-state index in [1.54, 1.807) is 7.05 Å². The fourth-order valence-electron chi connectivity index (χ4n) is 1.67. The van der Waals surface area contributed by atoms with Gasteiger partial charge in [-0.2, -0.15) is 0 Å². The molecule has 2 N–H and O–H groups in total. The number of nitrogens with zero attached hydrogens (tertiary/aromatic N) is 1. The van der Waals surface area contributed by atoms with Crippen molar-refractivity contribution in [3.05, 3.63) is 34.4 Å². The maximum Gasteiger partial charge on any atom is 0.255 e. The molecule has 0 aliphatic carbocycles. The van der Waals surface area contributed by atoms with Gasteiger partial charge in [0.15, 0.2) is 11.6 Å². The van der Waals surface area contributed by atoms with Crippen LogP contribution in [0.2, 0.25) is 5.02 Å². The minimum Gasteiger partial charge on any atom is -0.342 e. The molecule has 0 aliphatic heterocycles. The van der Waals surface area contributed by atoms with E-state index in [4.69, 9.17) is 17.3 Å². The Labute approximate surface area is 122 Å². The molecule has 1 amide bonds. The average molecular weight is 305 g/mol. The van der Waals surface area contributed by atoms with Gasteiger partial charge in [-0.15, -0.1) is 0 Å². The second-order valence-corrected chi connectivity index (χ2v) is 5.58. The third kappa shape index (κ3) is 4.15. The molecule has 1 unspecified atom stereocenters. The fourth-order valence-corrected chi connectivity index (χ4v) is 1.90. The van der Waals surface area contributed by atoms with E-state index < -0.39 is 17.5 Å². The zero-order valence-corrected chi connectivity index (χ0v) is 12.5. The Bertz CT molecular complexity index is 494. The van der Waals surface area contributed by atoms with Crippen LogP contribution in [-0.2, 0) is 0 Å². The third-order valence-corrected chi connectivity index (χ3v) is 3.55. The van der Waals surface area contributed by atoms with Crippen LogP contribution in [-0.4, -0.2) is 30.4 Å². The second-order valence-electron chi connectivity index (χ2n) is 5.17. The van der Waals surface area contributed by atoms with Crippen LogP contribution in [0.5, 0.6) is 0 Å². The normalized spacial score (nSPS) is 12.6. The summed E-state index contributed by atoms with van der Waals surface area (Å²) in [6.07, 6.45) is 0.626. The predicted molar refractivity (Wildman–Crippen MR) is 75.8 cm³/mol. The van der Waals surface area contributed by atoms with Gasteiger partial charge in [0.05, 0.1) is 10.6 Å². The van der Waals surface area contributed by atoms with Crippen LogP contribution in [0.3, 0.4) is 0 Å². The van der Waals surface area contributed by atoms with Gasteiger partial charge in [-0.05, 0) is 24.5 Å². The molecule has 3 nitrogen and oxygen atoms in total. The van der Waals surface area contributed by atoms with Crippen molar-refractivity contribution < 1.29 is 13.6 Å². The van der Waals surface area contributed by atoms with E-state index in [-0.39, 0.29) is 16.6 Å². The first-order valence-corrected chi connectivity index (χ1v) is 6.77. The summed E-state index contributed by atoms with van der Waals surface area (Å²) in [4.78, 5) is 13.5. The summed E-state index contributed by atoms with van der Waals surface area (Å²) >= 11 is 5.77. The minimum absolute atomic E-state index is 0.0225. The van der Waals surface area contributed by atoms with Gasteiger partial charge in [0.25, 0.3) is 5.91 Å². The summed E-state index contributed by atoms with van der Waals surface area (Å²) in [6, 6.07) is 1.60. The number of benzene rings is 1. The summed E-state index contributed by atoms with van der Waals surface area (Å²) in [6.45, 7) is 4.42. The Morgan fingerprint density at radius 1 is 1.35 bits per heavy atom. The van der Waals surface area contributed by atoms with E-state index in [0.29, 0.717) is 18.9 Å². The summed E-state index contributed by atoms with van der Waals surface area (Å²) in [5.41, 5.74) is 5.85. The van der Waals surface area contributed by atoms with Crippen LogP contribution >= 0.6 is 11.6 Å². The fraction of sp³-hybridized carbons (Fsp3) is 0.500. The molecular formula is C14H19ClF2N2O. The molecule has 1 rings (SSSR count). The lowest BCUT2D eigenvalue weighted by Crippen LogP contribution is -2.34. The van der Waals surface area contributed by atoms with Crippen molar-refractivity contribution in [3.63, 3.8) is 0 Å². The lowest BCUT2D eigenvalue weighted by atomic mass is 10.0. The quantitative estimate of drug-likeness (QED) is 0.850. The number of nitrogens with two attached hydrogens (primary N) is 1. The van der Waals surface area contributed by atoms with Crippen molar-refractivity contribution >= 4 is 17.5 Å². The molecule has 1 aromatic rings. The highest BCUT2D eigenvalue weighted by Gasteiger charge is 2.19. The second kappa shape index (κ2) is 6.99. The molecule has 0 bridgehead atoms. The number of hydrogen-bond donors (Lipinski definition) is 1. The molecular weight excluding hydrogens is 286 g/mol. The highest BCUT2D eigenvalue weighted by molar-refractivity contribution is 6.33. The Hall–Kier alpha value is -1.20. The van der Waals surface area contributed by atoms with E-state index in [1.165, 1.54) is 4.90 Å². The number of rotatable bonds is 5. The van der Waals surface area contributed by atoms with Crippen molar-refractivity contribution in [1.29, 1.82) is 0 Å². The van der Waals surface area contributed by atoms with Gasteiger partial charge in [-0.1, -0.05) is 25.4 Å². The molecule has 0 saturated carbocycles. The standard InChI is InChI=1S/C14H19ClF2N2O/c1-8(2)13(18)4-5-19(3)14(20)9-6-11(16)12(17)7-10(9)15/h6-8,13H,4-5,18H2,1-3H3. The van der Waals surface area contributed by atoms with Gasteiger partial charge in [-0.3, -0.25) is 4.79 Å². The maximum atomic E-state index is 13.2. The summed E-state index contributed by atoms with van der Waals surface area (Å²) in [7, 11) is 1.58. The molecule has 0 aliphatic rings. The number of hydrogen-bond acceptors (Lipinski definition) is 2. The molecule has 0 fully saturated rings. The Morgan fingerprint density at radius 2 is 1.90 bits per heavy atom. The molecule has 0 heterocycles. The van der Waals surface area contributed by atoms with Crippen molar-refractivity contribution in [3.8, 4) is 0 Å². The van der Waals surface area contributed by atoms with Crippen LogP contribution in [0.15, 0.2) is 12.1 Å². The minimum atomic E-state index is -1.09. The number of carbonyl (C=O) groups excluding carboxylic acids is 1. The number of halogens is 3. The lowest BCUT2D eigenvalue weighted by Gasteiger charge is -2.22. The van der Waals surface area contributed by atoms with E-state index in [9.17, 15) is 13.6 Å². The SMILES string of the molecule is CC(C)C(N)CCN(C)C(=O)c1cc(F)c(F)cc1Cl. The van der Waals surface area contributed by atoms with Crippen LogP contribution in [0.1, 0.15) is 30.6 Å². The number of carbonyl (C=O) groups is 1. The van der Waals surface area contributed by atoms with E-state index >= 15 is 0 Å². The first kappa shape index (κ1) is 16.9. The van der Waals surface area contributed by atoms with E-state index in [2.05, 4.69) is 0 Å². The first-order chi connectivity index (χ1) is 9.23. The van der Waals surface area contributed by atoms with Gasteiger partial charge in [0.1, 0.15) is 0 Å². The van der Waals surface area contributed by atoms with Gasteiger partial charge in [0, 0.05) is 19.6 Å². The lowest BCUT2D eigenvalue weighted by molar-refractivity contribution is 0.0788. The first-order valence-electron chi connectivity index (χ1n) is 6.39. The molecule has 6 heteroatoms. The summed E-state index contributed by atoms with van der Waals surface area (Å²) in [5.74, 6) is -2.31. The number of amides is 1. The molecule has 0 aromatic heterocycles. The molecule has 1 atom stereocenters. The van der Waals surface area contributed by atoms with E-state index in [0.717, 1.165) is 12.1 Å². The van der Waals surface area contributed by atoms with Gasteiger partial charge in [-0.25, -0.2) is 8.78 Å². The largest absolute Gasteiger partial charge is 0.342 e. The van der Waals surface area contributed by atoms with Gasteiger partial charge in [0.2, 0.25) is 0 Å². The Morgan fingerprint density at radius 3 is 2.45 bits per heavy atom. The van der Waals surface area contributed by atoms with Crippen molar-refractivity contribution in [2.75, 3.05) is 13.6 Å². The monoisotopic (exact) mass is 304 g/mol. The summed E-state index contributed by atoms with van der Waals surface area (Å²) in [5, 5.41) is -0.103. The molecule has 1 aromatic carbocycles. The van der Waals surface area contributed by atoms with E-state index in [1.807, 2.05) is 13.8 Å². The molecule has 0 spiro atoms. The third-order valence-electron chi connectivity index (χ3n) is 3.24. The Kier molecular flexibility index (Phi) is 5.89. The van der Waals surface area contributed by atoms with Crippen molar-refractivity contribution in [1.82, 2.24) is 4.90 Å². The van der Waals surface area contributed by atoms with Crippen molar-refractivity contribution in [2.24, 2.45) is 11.7 Å². The molecule has 112 valence electrons. The average Bonchev–Trinajstić information content (AvgIpc) is 2.38. The Balaban J connectivity index is 2.77. The van der Waals surface area contributed by atoms with Crippen LogP contribution in [0, 0.1) is 17.6 Å². The zero-order valence-electron chi connectivity index (χ0n) is 11.8. The van der Waals surface area contributed by atoms with Crippen LogP contribution < -0.4 is 5.73 Å². The predicted octanol–water partition coefficient (Wildman–Crippen LogP) is 3.06. The van der Waals surface area contributed by atoms with Gasteiger partial charge < -0.3 is 10.6 Å². The zero-order chi connectivity index (χ0) is 15.4.